The number of aromatic nitrogens is 4. The molecule has 0 N–H and O–H groups in total. The van der Waals surface area contributed by atoms with Crippen molar-refractivity contribution in [1.29, 1.82) is 0 Å². The Labute approximate surface area is 160 Å². The summed E-state index contributed by atoms with van der Waals surface area (Å²) in [5.74, 6) is 0.463. The molecule has 0 saturated heterocycles. The van der Waals surface area contributed by atoms with Crippen molar-refractivity contribution in [3.05, 3.63) is 65.2 Å². The number of hydrogen-bond acceptors (Lipinski definition) is 4. The zero-order chi connectivity index (χ0) is 19.7. The third kappa shape index (κ3) is 3.77. The molecule has 0 saturated carbocycles. The Hall–Kier alpha value is -2.74. The maximum absolute atomic E-state index is 12.7. The number of rotatable bonds is 4. The van der Waals surface area contributed by atoms with Crippen molar-refractivity contribution < 1.29 is 13.2 Å². The summed E-state index contributed by atoms with van der Waals surface area (Å²) in [6.07, 6.45) is 0.0480. The number of aryl methyl sites for hydroxylation is 1. The number of nitrogens with zero attached hydrogens (tertiary/aromatic N) is 5. The van der Waals surface area contributed by atoms with E-state index in [1.807, 2.05) is 16.9 Å². The topological polar surface area (TPSA) is 46.8 Å². The Bertz CT molecular complexity index is 963. The SMILES string of the molecule is CCn1nccc1CN1CCc2nc(-c3ccc(C(F)(F)F)cc3)ncc2C1. The first-order valence-electron chi connectivity index (χ1n) is 9.19. The normalized spacial score (nSPS) is 14.9. The van der Waals surface area contributed by atoms with E-state index in [0.717, 1.165) is 56.0 Å². The van der Waals surface area contributed by atoms with Crippen LogP contribution < -0.4 is 0 Å². The molecular formula is C20H20F3N5. The highest BCUT2D eigenvalue weighted by Gasteiger charge is 2.30. The van der Waals surface area contributed by atoms with Gasteiger partial charge in [0.05, 0.1) is 17.0 Å². The molecule has 3 aromatic rings. The average Bonchev–Trinajstić information content (AvgIpc) is 3.14. The molecule has 1 aromatic carbocycles. The van der Waals surface area contributed by atoms with Crippen LogP contribution in [0.2, 0.25) is 0 Å². The van der Waals surface area contributed by atoms with E-state index >= 15 is 0 Å². The second-order valence-corrected chi connectivity index (χ2v) is 6.84. The lowest BCUT2D eigenvalue weighted by Crippen LogP contribution is -2.31. The zero-order valence-electron chi connectivity index (χ0n) is 15.4. The van der Waals surface area contributed by atoms with E-state index in [2.05, 4.69) is 26.9 Å². The number of halogens is 3. The third-order valence-electron chi connectivity index (χ3n) is 4.97. The van der Waals surface area contributed by atoms with Crippen LogP contribution >= 0.6 is 0 Å². The van der Waals surface area contributed by atoms with E-state index in [1.165, 1.54) is 17.8 Å². The molecule has 4 rings (SSSR count). The Morgan fingerprint density at radius 1 is 1.11 bits per heavy atom. The summed E-state index contributed by atoms with van der Waals surface area (Å²) < 4.78 is 40.2. The highest BCUT2D eigenvalue weighted by atomic mass is 19.4. The third-order valence-corrected chi connectivity index (χ3v) is 4.97. The fraction of sp³-hybridized carbons (Fsp3) is 0.350. The Balaban J connectivity index is 1.50. The van der Waals surface area contributed by atoms with Crippen molar-refractivity contribution in [1.82, 2.24) is 24.6 Å². The number of benzene rings is 1. The van der Waals surface area contributed by atoms with E-state index in [0.29, 0.717) is 11.4 Å². The van der Waals surface area contributed by atoms with Crippen LogP contribution in [0.5, 0.6) is 0 Å². The van der Waals surface area contributed by atoms with Crippen LogP contribution in [0.4, 0.5) is 13.2 Å². The minimum absolute atomic E-state index is 0.463. The van der Waals surface area contributed by atoms with Gasteiger partial charge >= 0.3 is 6.18 Å². The first-order valence-corrected chi connectivity index (χ1v) is 9.19. The predicted molar refractivity (Wildman–Crippen MR) is 98.2 cm³/mol. The largest absolute Gasteiger partial charge is 0.416 e. The van der Waals surface area contributed by atoms with Gasteiger partial charge in [0.15, 0.2) is 5.82 Å². The molecule has 1 aliphatic heterocycles. The first kappa shape index (κ1) is 18.6. The van der Waals surface area contributed by atoms with E-state index in [4.69, 9.17) is 0 Å². The lowest BCUT2D eigenvalue weighted by Gasteiger charge is -2.28. The monoisotopic (exact) mass is 387 g/mol. The van der Waals surface area contributed by atoms with Crippen LogP contribution in [0.15, 0.2) is 42.7 Å². The molecule has 0 fully saturated rings. The van der Waals surface area contributed by atoms with Gasteiger partial charge in [0.2, 0.25) is 0 Å². The number of hydrogen-bond donors (Lipinski definition) is 0. The molecular weight excluding hydrogens is 367 g/mol. The minimum atomic E-state index is -4.34. The van der Waals surface area contributed by atoms with E-state index in [1.54, 1.807) is 6.20 Å². The van der Waals surface area contributed by atoms with Gasteiger partial charge in [0, 0.05) is 56.1 Å². The van der Waals surface area contributed by atoms with Gasteiger partial charge in [-0.3, -0.25) is 9.58 Å². The molecule has 3 heterocycles. The molecule has 146 valence electrons. The van der Waals surface area contributed by atoms with Gasteiger partial charge in [-0.15, -0.1) is 0 Å². The summed E-state index contributed by atoms with van der Waals surface area (Å²) in [5, 5.41) is 4.31. The zero-order valence-corrected chi connectivity index (χ0v) is 15.4. The lowest BCUT2D eigenvalue weighted by atomic mass is 10.1. The van der Waals surface area contributed by atoms with Crippen LogP contribution in [-0.2, 0) is 32.2 Å². The Kier molecular flexibility index (Phi) is 4.89. The number of alkyl halides is 3. The molecule has 2 aromatic heterocycles. The van der Waals surface area contributed by atoms with Crippen molar-refractivity contribution in [2.45, 2.75) is 39.2 Å². The van der Waals surface area contributed by atoms with Crippen LogP contribution in [0.25, 0.3) is 11.4 Å². The fourth-order valence-corrected chi connectivity index (χ4v) is 3.47. The van der Waals surface area contributed by atoms with Crippen molar-refractivity contribution in [3.8, 4) is 11.4 Å². The smallest absolute Gasteiger partial charge is 0.293 e. The van der Waals surface area contributed by atoms with Gasteiger partial charge in [-0.25, -0.2) is 9.97 Å². The Morgan fingerprint density at radius 3 is 2.61 bits per heavy atom. The van der Waals surface area contributed by atoms with Gasteiger partial charge in [-0.2, -0.15) is 18.3 Å². The van der Waals surface area contributed by atoms with Crippen LogP contribution in [0.1, 0.15) is 29.4 Å². The van der Waals surface area contributed by atoms with E-state index < -0.39 is 11.7 Å². The van der Waals surface area contributed by atoms with Crippen LogP contribution in [-0.4, -0.2) is 31.2 Å². The fourth-order valence-electron chi connectivity index (χ4n) is 3.47. The maximum Gasteiger partial charge on any atom is 0.416 e. The highest BCUT2D eigenvalue weighted by Crippen LogP contribution is 2.30. The molecule has 0 radical (unpaired) electrons. The van der Waals surface area contributed by atoms with Crippen LogP contribution in [0, 0.1) is 0 Å². The molecule has 0 spiro atoms. The van der Waals surface area contributed by atoms with Gasteiger partial charge in [0.1, 0.15) is 0 Å². The molecule has 28 heavy (non-hydrogen) atoms. The highest BCUT2D eigenvalue weighted by molar-refractivity contribution is 5.56. The molecule has 5 nitrogen and oxygen atoms in total. The van der Waals surface area contributed by atoms with Crippen molar-refractivity contribution in [2.75, 3.05) is 6.54 Å². The summed E-state index contributed by atoms with van der Waals surface area (Å²) in [6.45, 7) is 5.34. The summed E-state index contributed by atoms with van der Waals surface area (Å²) in [5.41, 5.74) is 3.11. The standard InChI is InChI=1S/C20H20F3N5/c1-2-28-17(7-9-25-28)13-27-10-8-18-15(12-27)11-24-19(26-18)14-3-5-16(6-4-14)20(21,22)23/h3-7,9,11H,2,8,10,12-13H2,1H3. The minimum Gasteiger partial charge on any atom is -0.293 e. The van der Waals surface area contributed by atoms with Gasteiger partial charge in [-0.1, -0.05) is 12.1 Å². The molecule has 0 aliphatic carbocycles. The molecule has 8 heteroatoms. The summed E-state index contributed by atoms with van der Waals surface area (Å²) in [6, 6.07) is 7.01. The van der Waals surface area contributed by atoms with Gasteiger partial charge in [0.25, 0.3) is 0 Å². The van der Waals surface area contributed by atoms with Crippen molar-refractivity contribution in [2.24, 2.45) is 0 Å². The Morgan fingerprint density at radius 2 is 1.89 bits per heavy atom. The first-order chi connectivity index (χ1) is 13.4. The second kappa shape index (κ2) is 7.35. The van der Waals surface area contributed by atoms with Gasteiger partial charge in [-0.05, 0) is 25.1 Å². The second-order valence-electron chi connectivity index (χ2n) is 6.84. The molecule has 0 atom stereocenters. The average molecular weight is 387 g/mol. The van der Waals surface area contributed by atoms with E-state index in [9.17, 15) is 13.2 Å². The quantitative estimate of drug-likeness (QED) is 0.680. The molecule has 1 aliphatic rings. The molecule has 0 unspecified atom stereocenters. The maximum atomic E-state index is 12.7. The number of fused-ring (bicyclic) bond motifs is 1. The summed E-state index contributed by atoms with van der Waals surface area (Å²) in [4.78, 5) is 11.3. The van der Waals surface area contributed by atoms with Crippen molar-refractivity contribution >= 4 is 0 Å². The summed E-state index contributed by atoms with van der Waals surface area (Å²) in [7, 11) is 0. The van der Waals surface area contributed by atoms with Crippen molar-refractivity contribution in [3.63, 3.8) is 0 Å². The van der Waals surface area contributed by atoms with E-state index in [-0.39, 0.29) is 0 Å². The molecule has 0 bridgehead atoms. The van der Waals surface area contributed by atoms with Gasteiger partial charge < -0.3 is 0 Å². The summed E-state index contributed by atoms with van der Waals surface area (Å²) >= 11 is 0. The lowest BCUT2D eigenvalue weighted by molar-refractivity contribution is -0.137. The molecule has 0 amide bonds. The predicted octanol–water partition coefficient (Wildman–Crippen LogP) is 3.94. The van der Waals surface area contributed by atoms with Crippen LogP contribution in [0.3, 0.4) is 0 Å².